The Morgan fingerprint density at radius 2 is 2.12 bits per heavy atom. The third-order valence-corrected chi connectivity index (χ3v) is 3.00. The largest absolute Gasteiger partial charge is 0.461 e. The van der Waals surface area contributed by atoms with E-state index in [0.717, 1.165) is 37.3 Å². The Hall–Kier alpha value is -1.28. The molecule has 17 heavy (non-hydrogen) atoms. The van der Waals surface area contributed by atoms with Gasteiger partial charge in [-0.25, -0.2) is 0 Å². The molecule has 2 nitrogen and oxygen atoms in total. The fraction of sp³-hybridized carbons (Fsp3) is 0.467. The summed E-state index contributed by atoms with van der Waals surface area (Å²) in [6, 6.07) is 8.46. The number of hydrogen-bond donors (Lipinski definition) is 1. The first-order valence-corrected chi connectivity index (χ1v) is 6.50. The molecule has 2 heteroatoms. The minimum Gasteiger partial charge on any atom is -0.461 e. The Balaban J connectivity index is 1.93. The summed E-state index contributed by atoms with van der Waals surface area (Å²) in [6.45, 7) is 6.47. The summed E-state index contributed by atoms with van der Waals surface area (Å²) in [4.78, 5) is 0. The lowest BCUT2D eigenvalue weighted by atomic mass is 10.1. The number of furan rings is 1. The number of para-hydroxylation sites is 1. The van der Waals surface area contributed by atoms with E-state index in [0.29, 0.717) is 0 Å². The first kappa shape index (κ1) is 12.2. The van der Waals surface area contributed by atoms with Gasteiger partial charge in [0.2, 0.25) is 0 Å². The van der Waals surface area contributed by atoms with Crippen molar-refractivity contribution in [3.8, 4) is 0 Å². The monoisotopic (exact) mass is 231 g/mol. The van der Waals surface area contributed by atoms with E-state index in [1.807, 2.05) is 0 Å². The molecule has 1 heterocycles. The number of hydrogen-bond acceptors (Lipinski definition) is 2. The smallest absolute Gasteiger partial charge is 0.137 e. The molecule has 0 saturated heterocycles. The topological polar surface area (TPSA) is 25.2 Å². The second-order valence-electron chi connectivity index (χ2n) is 4.56. The number of rotatable bonds is 6. The van der Waals surface area contributed by atoms with Crippen molar-refractivity contribution >= 4 is 11.0 Å². The lowest BCUT2D eigenvalue weighted by Crippen LogP contribution is -2.16. The third-order valence-electron chi connectivity index (χ3n) is 3.00. The molecule has 0 unspecified atom stereocenters. The maximum atomic E-state index is 5.88. The van der Waals surface area contributed by atoms with Gasteiger partial charge in [-0.1, -0.05) is 25.1 Å². The molecule has 0 bridgehead atoms. The van der Waals surface area contributed by atoms with Crippen LogP contribution in [0.25, 0.3) is 11.0 Å². The summed E-state index contributed by atoms with van der Waals surface area (Å²) in [5, 5.41) is 4.63. The number of aryl methyl sites for hydroxylation is 2. The molecule has 0 spiro atoms. The second kappa shape index (κ2) is 5.87. The molecule has 0 radical (unpaired) electrons. The highest BCUT2D eigenvalue weighted by Gasteiger charge is 2.04. The molecular formula is C15H21NO. The molecule has 0 fully saturated rings. The van der Waals surface area contributed by atoms with E-state index in [2.05, 4.69) is 43.4 Å². The standard InChI is InChI=1S/C15H21NO/c1-3-9-16-10-5-8-14-11-13-7-4-6-12(2)15(13)17-14/h4,6-7,11,16H,3,5,8-10H2,1-2H3. The van der Waals surface area contributed by atoms with Crippen molar-refractivity contribution in [3.63, 3.8) is 0 Å². The molecule has 0 aliphatic rings. The molecule has 0 saturated carbocycles. The predicted molar refractivity (Wildman–Crippen MR) is 72.4 cm³/mol. The Morgan fingerprint density at radius 3 is 2.88 bits per heavy atom. The maximum absolute atomic E-state index is 5.88. The van der Waals surface area contributed by atoms with Crippen molar-refractivity contribution in [2.24, 2.45) is 0 Å². The quantitative estimate of drug-likeness (QED) is 0.767. The molecule has 0 aliphatic carbocycles. The van der Waals surface area contributed by atoms with Crippen LogP contribution in [0.4, 0.5) is 0 Å². The van der Waals surface area contributed by atoms with Crippen LogP contribution in [0, 0.1) is 6.92 Å². The van der Waals surface area contributed by atoms with Gasteiger partial charge >= 0.3 is 0 Å². The Bertz CT molecular complexity index is 473. The fourth-order valence-electron chi connectivity index (χ4n) is 2.07. The molecule has 2 aromatic rings. The van der Waals surface area contributed by atoms with Crippen molar-refractivity contribution in [2.75, 3.05) is 13.1 Å². The van der Waals surface area contributed by atoms with Crippen LogP contribution in [-0.4, -0.2) is 13.1 Å². The van der Waals surface area contributed by atoms with Gasteiger partial charge < -0.3 is 9.73 Å². The van der Waals surface area contributed by atoms with Crippen molar-refractivity contribution in [1.29, 1.82) is 0 Å². The van der Waals surface area contributed by atoms with Crippen LogP contribution in [-0.2, 0) is 6.42 Å². The van der Waals surface area contributed by atoms with Gasteiger partial charge in [0.25, 0.3) is 0 Å². The van der Waals surface area contributed by atoms with Crippen LogP contribution in [0.2, 0.25) is 0 Å². The Kier molecular flexibility index (Phi) is 4.21. The van der Waals surface area contributed by atoms with Gasteiger partial charge in [-0.3, -0.25) is 0 Å². The number of fused-ring (bicyclic) bond motifs is 1. The maximum Gasteiger partial charge on any atom is 0.137 e. The van der Waals surface area contributed by atoms with Crippen LogP contribution >= 0.6 is 0 Å². The molecule has 1 aromatic heterocycles. The summed E-state index contributed by atoms with van der Waals surface area (Å²) in [5.41, 5.74) is 2.27. The minimum absolute atomic E-state index is 1.02. The van der Waals surface area contributed by atoms with E-state index >= 15 is 0 Å². The fourth-order valence-corrected chi connectivity index (χ4v) is 2.07. The van der Waals surface area contributed by atoms with Gasteiger partial charge in [0.05, 0.1) is 0 Å². The SMILES string of the molecule is CCCNCCCc1cc2cccc(C)c2o1. The lowest BCUT2D eigenvalue weighted by molar-refractivity contribution is 0.527. The van der Waals surface area contributed by atoms with Crippen LogP contribution in [0.3, 0.4) is 0 Å². The summed E-state index contributed by atoms with van der Waals surface area (Å²) < 4.78 is 5.88. The summed E-state index contributed by atoms with van der Waals surface area (Å²) in [6.07, 6.45) is 3.35. The van der Waals surface area contributed by atoms with Gasteiger partial charge in [0.15, 0.2) is 0 Å². The van der Waals surface area contributed by atoms with Crippen molar-refractivity contribution < 1.29 is 4.42 Å². The van der Waals surface area contributed by atoms with Gasteiger partial charge in [0.1, 0.15) is 11.3 Å². The van der Waals surface area contributed by atoms with E-state index in [1.54, 1.807) is 0 Å². The highest BCUT2D eigenvalue weighted by atomic mass is 16.3. The normalized spacial score (nSPS) is 11.2. The van der Waals surface area contributed by atoms with Crippen LogP contribution in [0.15, 0.2) is 28.7 Å². The Labute approximate surface area is 103 Å². The Morgan fingerprint density at radius 1 is 1.24 bits per heavy atom. The highest BCUT2D eigenvalue weighted by Crippen LogP contribution is 2.23. The molecule has 0 aliphatic heterocycles. The van der Waals surface area contributed by atoms with E-state index in [1.165, 1.54) is 17.4 Å². The molecule has 92 valence electrons. The van der Waals surface area contributed by atoms with E-state index < -0.39 is 0 Å². The van der Waals surface area contributed by atoms with Crippen molar-refractivity contribution in [3.05, 3.63) is 35.6 Å². The highest BCUT2D eigenvalue weighted by molar-refractivity contribution is 5.80. The lowest BCUT2D eigenvalue weighted by Gasteiger charge is -2.00. The van der Waals surface area contributed by atoms with E-state index in [4.69, 9.17) is 4.42 Å². The summed E-state index contributed by atoms with van der Waals surface area (Å²) in [5.74, 6) is 1.10. The first-order chi connectivity index (χ1) is 8.31. The molecular weight excluding hydrogens is 210 g/mol. The average Bonchev–Trinajstić information content (AvgIpc) is 2.73. The predicted octanol–water partition coefficient (Wildman–Crippen LogP) is 3.67. The molecule has 2 rings (SSSR count). The first-order valence-electron chi connectivity index (χ1n) is 6.50. The third kappa shape index (κ3) is 3.10. The average molecular weight is 231 g/mol. The van der Waals surface area contributed by atoms with Gasteiger partial charge in [-0.2, -0.15) is 0 Å². The van der Waals surface area contributed by atoms with Crippen LogP contribution in [0.5, 0.6) is 0 Å². The minimum atomic E-state index is 1.02. The van der Waals surface area contributed by atoms with Gasteiger partial charge in [0, 0.05) is 11.8 Å². The van der Waals surface area contributed by atoms with Crippen LogP contribution in [0.1, 0.15) is 31.1 Å². The second-order valence-corrected chi connectivity index (χ2v) is 4.56. The van der Waals surface area contributed by atoms with Crippen LogP contribution < -0.4 is 5.32 Å². The summed E-state index contributed by atoms with van der Waals surface area (Å²) in [7, 11) is 0. The number of nitrogens with one attached hydrogen (secondary N) is 1. The zero-order valence-electron chi connectivity index (χ0n) is 10.8. The van der Waals surface area contributed by atoms with E-state index in [9.17, 15) is 0 Å². The zero-order chi connectivity index (χ0) is 12.1. The van der Waals surface area contributed by atoms with Gasteiger partial charge in [-0.05, 0) is 44.5 Å². The number of benzene rings is 1. The summed E-state index contributed by atoms with van der Waals surface area (Å²) >= 11 is 0. The molecule has 0 atom stereocenters. The molecule has 1 N–H and O–H groups in total. The molecule has 0 amide bonds. The zero-order valence-corrected chi connectivity index (χ0v) is 10.8. The molecule has 1 aromatic carbocycles. The van der Waals surface area contributed by atoms with Crippen molar-refractivity contribution in [1.82, 2.24) is 5.32 Å². The van der Waals surface area contributed by atoms with Crippen molar-refractivity contribution in [2.45, 2.75) is 33.1 Å². The van der Waals surface area contributed by atoms with E-state index in [-0.39, 0.29) is 0 Å². The van der Waals surface area contributed by atoms with Gasteiger partial charge in [-0.15, -0.1) is 0 Å².